The summed E-state index contributed by atoms with van der Waals surface area (Å²) in [4.78, 5) is 37.0. The van der Waals surface area contributed by atoms with Gasteiger partial charge < -0.3 is 25.7 Å². The van der Waals surface area contributed by atoms with Crippen LogP contribution < -0.4 is 10.6 Å². The van der Waals surface area contributed by atoms with Gasteiger partial charge in [-0.1, -0.05) is 0 Å². The topological polar surface area (TPSA) is 132 Å². The summed E-state index contributed by atoms with van der Waals surface area (Å²) in [5.74, 6) is -2.19. The van der Waals surface area contributed by atoms with Crippen molar-refractivity contribution in [2.75, 3.05) is 40.3 Å². The van der Waals surface area contributed by atoms with Crippen LogP contribution in [0.2, 0.25) is 0 Å². The Hall–Kier alpha value is -2.52. The van der Waals surface area contributed by atoms with E-state index >= 15 is 0 Å². The van der Waals surface area contributed by atoms with Crippen molar-refractivity contribution in [2.24, 2.45) is 0 Å². The Morgan fingerprint density at radius 2 is 1.52 bits per heavy atom. The lowest BCUT2D eigenvalue weighted by atomic mass is 10.2. The van der Waals surface area contributed by atoms with E-state index in [1.165, 1.54) is 0 Å². The van der Waals surface area contributed by atoms with Crippen LogP contribution in [-0.4, -0.2) is 78.2 Å². The van der Waals surface area contributed by atoms with Crippen molar-refractivity contribution >= 4 is 17.8 Å². The predicted octanol–water partition coefficient (Wildman–Crippen LogP) is 0.679. The number of carbonyl (C=O) groups is 3. The van der Waals surface area contributed by atoms with Crippen molar-refractivity contribution in [3.05, 3.63) is 30.1 Å². The lowest BCUT2D eigenvalue weighted by molar-refractivity contribution is -0.143. The molecule has 1 aromatic rings. The van der Waals surface area contributed by atoms with Gasteiger partial charge in [0.2, 0.25) is 0 Å². The number of nitrogens with zero attached hydrogens (tertiary/aromatic N) is 2. The van der Waals surface area contributed by atoms with Crippen LogP contribution in [0.15, 0.2) is 24.5 Å². The summed E-state index contributed by atoms with van der Waals surface area (Å²) in [5, 5.41) is 22.1. The zero-order chi connectivity index (χ0) is 20.5. The minimum atomic E-state index is -1.08. The molecular weight excluding hydrogens is 352 g/mol. The normalized spacial score (nSPS) is 10.0. The molecule has 0 spiro atoms. The number of rotatable bonds is 12. The van der Waals surface area contributed by atoms with Gasteiger partial charge >= 0.3 is 11.9 Å². The van der Waals surface area contributed by atoms with Crippen molar-refractivity contribution in [1.82, 2.24) is 20.5 Å². The minimum absolute atomic E-state index is 0.0324. The molecule has 1 heterocycles. The maximum Gasteiger partial charge on any atom is 0.303 e. The van der Waals surface area contributed by atoms with Crippen LogP contribution in [0.25, 0.3) is 0 Å². The molecule has 1 aromatic heterocycles. The molecule has 0 aliphatic carbocycles. The smallest absolute Gasteiger partial charge is 0.303 e. The van der Waals surface area contributed by atoms with Gasteiger partial charge in [0.05, 0.1) is 12.8 Å². The first kappa shape index (κ1) is 24.5. The Labute approximate surface area is 159 Å². The van der Waals surface area contributed by atoms with Crippen molar-refractivity contribution in [2.45, 2.75) is 25.7 Å². The first-order valence-electron chi connectivity index (χ1n) is 8.80. The number of hydrogen-bond acceptors (Lipinski definition) is 6. The largest absolute Gasteiger partial charge is 0.481 e. The second-order valence-electron chi connectivity index (χ2n) is 6.04. The van der Waals surface area contributed by atoms with Crippen LogP contribution in [-0.2, 0) is 9.59 Å². The molecule has 152 valence electrons. The predicted molar refractivity (Wildman–Crippen MR) is 102 cm³/mol. The second-order valence-corrected chi connectivity index (χ2v) is 6.04. The fourth-order valence-corrected chi connectivity index (χ4v) is 1.88. The monoisotopic (exact) mass is 382 g/mol. The molecule has 0 fully saturated rings. The third-order valence-electron chi connectivity index (χ3n) is 3.27. The highest BCUT2D eigenvalue weighted by Crippen LogP contribution is 1.95. The number of hydrogen-bond donors (Lipinski definition) is 4. The molecule has 9 nitrogen and oxygen atoms in total. The maximum atomic E-state index is 11.7. The summed E-state index contributed by atoms with van der Waals surface area (Å²) >= 11 is 0. The molecule has 0 aromatic carbocycles. The van der Waals surface area contributed by atoms with E-state index in [4.69, 9.17) is 10.2 Å². The quantitative estimate of drug-likeness (QED) is 0.388. The zero-order valence-electron chi connectivity index (χ0n) is 16.0. The van der Waals surface area contributed by atoms with Crippen LogP contribution in [0, 0.1) is 0 Å². The molecule has 0 radical (unpaired) electrons. The SMILES string of the molecule is CN(C)CCCNCCCNC(=O)c1ccncc1.O=C(O)CCC(=O)O. The van der Waals surface area contributed by atoms with E-state index in [1.807, 2.05) is 0 Å². The minimum Gasteiger partial charge on any atom is -0.481 e. The lowest BCUT2D eigenvalue weighted by Gasteiger charge is -2.10. The Morgan fingerprint density at radius 3 is 2.04 bits per heavy atom. The lowest BCUT2D eigenvalue weighted by Crippen LogP contribution is -2.28. The summed E-state index contributed by atoms with van der Waals surface area (Å²) in [6.45, 7) is 3.76. The number of amides is 1. The number of nitrogens with one attached hydrogen (secondary N) is 2. The third kappa shape index (κ3) is 16.7. The molecule has 1 rings (SSSR count). The summed E-state index contributed by atoms with van der Waals surface area (Å²) in [6, 6.07) is 3.43. The molecule has 4 N–H and O–H groups in total. The van der Waals surface area contributed by atoms with Crippen LogP contribution in [0.5, 0.6) is 0 Å². The first-order valence-corrected chi connectivity index (χ1v) is 8.80. The van der Waals surface area contributed by atoms with Crippen molar-refractivity contribution < 1.29 is 24.6 Å². The highest BCUT2D eigenvalue weighted by molar-refractivity contribution is 5.93. The molecule has 0 atom stereocenters. The van der Waals surface area contributed by atoms with Gasteiger partial charge in [-0.2, -0.15) is 0 Å². The van der Waals surface area contributed by atoms with E-state index in [-0.39, 0.29) is 18.7 Å². The van der Waals surface area contributed by atoms with Crippen molar-refractivity contribution in [3.8, 4) is 0 Å². The molecule has 0 unspecified atom stereocenters. The molecule has 1 amide bonds. The summed E-state index contributed by atoms with van der Waals surface area (Å²) in [6.07, 6.45) is 4.75. The molecule has 27 heavy (non-hydrogen) atoms. The average molecular weight is 382 g/mol. The van der Waals surface area contributed by atoms with Crippen LogP contribution in [0.1, 0.15) is 36.0 Å². The van der Waals surface area contributed by atoms with Gasteiger partial charge in [-0.3, -0.25) is 19.4 Å². The van der Waals surface area contributed by atoms with Gasteiger partial charge in [0.15, 0.2) is 0 Å². The highest BCUT2D eigenvalue weighted by atomic mass is 16.4. The van der Waals surface area contributed by atoms with Crippen LogP contribution in [0.4, 0.5) is 0 Å². The Morgan fingerprint density at radius 1 is 0.963 bits per heavy atom. The number of carboxylic acids is 2. The van der Waals surface area contributed by atoms with Crippen molar-refractivity contribution in [1.29, 1.82) is 0 Å². The number of aliphatic carboxylic acids is 2. The van der Waals surface area contributed by atoms with Crippen molar-refractivity contribution in [3.63, 3.8) is 0 Å². The van der Waals surface area contributed by atoms with E-state index in [0.717, 1.165) is 32.5 Å². The summed E-state index contributed by atoms with van der Waals surface area (Å²) < 4.78 is 0. The molecule has 0 aliphatic heterocycles. The second kappa shape index (κ2) is 15.7. The van der Waals surface area contributed by atoms with E-state index in [1.54, 1.807) is 24.5 Å². The molecule has 0 saturated carbocycles. The number of carboxylic acid groups (broad SMARTS) is 2. The van der Waals surface area contributed by atoms with Gasteiger partial charge in [0.25, 0.3) is 5.91 Å². The number of pyridine rings is 1. The van der Waals surface area contributed by atoms with Crippen LogP contribution >= 0.6 is 0 Å². The third-order valence-corrected chi connectivity index (χ3v) is 3.27. The highest BCUT2D eigenvalue weighted by Gasteiger charge is 2.02. The van der Waals surface area contributed by atoms with E-state index in [2.05, 4.69) is 34.6 Å². The van der Waals surface area contributed by atoms with E-state index < -0.39 is 11.9 Å². The molecular formula is C18H30N4O5. The Kier molecular flexibility index (Phi) is 14.2. The number of carbonyl (C=O) groups excluding carboxylic acids is 1. The summed E-state index contributed by atoms with van der Waals surface area (Å²) in [5.41, 5.74) is 0.661. The zero-order valence-corrected chi connectivity index (χ0v) is 16.0. The Balaban J connectivity index is 0.000000713. The first-order chi connectivity index (χ1) is 12.8. The average Bonchev–Trinajstić information content (AvgIpc) is 2.63. The molecule has 0 saturated heterocycles. The number of aromatic nitrogens is 1. The maximum absolute atomic E-state index is 11.7. The van der Waals surface area contributed by atoms with Gasteiger partial charge in [-0.25, -0.2) is 0 Å². The fraction of sp³-hybridized carbons (Fsp3) is 0.556. The van der Waals surface area contributed by atoms with Gasteiger partial charge in [0, 0.05) is 24.5 Å². The van der Waals surface area contributed by atoms with Gasteiger partial charge in [-0.15, -0.1) is 0 Å². The standard InChI is InChI=1S/C14H24N4O.C4H6O4/c1-18(2)12-4-8-15-7-3-9-17-14(19)13-5-10-16-11-6-13;5-3(6)1-2-4(7)8/h5-6,10-11,15H,3-4,7-9,12H2,1-2H3,(H,17,19);1-2H2,(H,5,6)(H,7,8). The van der Waals surface area contributed by atoms with Gasteiger partial charge in [0.1, 0.15) is 0 Å². The molecule has 9 heteroatoms. The fourth-order valence-electron chi connectivity index (χ4n) is 1.88. The van der Waals surface area contributed by atoms with E-state index in [9.17, 15) is 14.4 Å². The summed E-state index contributed by atoms with van der Waals surface area (Å²) in [7, 11) is 4.16. The Bertz CT molecular complexity index is 538. The molecule has 0 bridgehead atoms. The van der Waals surface area contributed by atoms with E-state index in [0.29, 0.717) is 12.1 Å². The molecule has 0 aliphatic rings. The van der Waals surface area contributed by atoms with Gasteiger partial charge in [-0.05, 0) is 58.7 Å². The van der Waals surface area contributed by atoms with Crippen LogP contribution in [0.3, 0.4) is 0 Å².